The smallest absolute Gasteiger partial charge is 0.103 e. The summed E-state index contributed by atoms with van der Waals surface area (Å²) in [7, 11) is 0. The first-order valence-corrected chi connectivity index (χ1v) is 5.23. The fourth-order valence-corrected chi connectivity index (χ4v) is 1.20. The molecule has 1 N–H and O–H groups in total. The Morgan fingerprint density at radius 1 is 1.25 bits per heavy atom. The Balaban J connectivity index is 2.19. The molecule has 0 spiro atoms. The number of rotatable bonds is 4. The molecule has 82 valence electrons. The highest BCUT2D eigenvalue weighted by atomic mass is 16.6. The lowest BCUT2D eigenvalue weighted by Gasteiger charge is -1.87. The van der Waals surface area contributed by atoms with Gasteiger partial charge in [-0.25, -0.2) is 0 Å². The average molecular weight is 214 g/mol. The highest BCUT2D eigenvalue weighted by Crippen LogP contribution is 2.27. The van der Waals surface area contributed by atoms with Crippen molar-refractivity contribution in [2.75, 3.05) is 6.61 Å². The van der Waals surface area contributed by atoms with Gasteiger partial charge in [0.2, 0.25) is 0 Å². The lowest BCUT2D eigenvalue weighted by Crippen LogP contribution is -1.92. The number of hydrogen-bond acceptors (Lipinski definition) is 2. The molecular formula is C14H14O2. The van der Waals surface area contributed by atoms with Crippen LogP contribution in [-0.2, 0) is 4.74 Å². The second-order valence-corrected chi connectivity index (χ2v) is 3.26. The Hall–Kier alpha value is -1.66. The Labute approximate surface area is 96.7 Å². The standard InChI is InChI=1S/C14H14O2/c1-2-3-4-5-6-7-8-10-13-14(16-13)11-9-12-15/h8,10,13-15H,9,11-12H2,1H3. The minimum Gasteiger partial charge on any atom is -0.396 e. The van der Waals surface area contributed by atoms with Gasteiger partial charge in [0.05, 0.1) is 6.10 Å². The topological polar surface area (TPSA) is 32.8 Å². The van der Waals surface area contributed by atoms with Crippen LogP contribution in [-0.4, -0.2) is 23.9 Å². The minimum atomic E-state index is 0.171. The minimum absolute atomic E-state index is 0.171. The quantitative estimate of drug-likeness (QED) is 0.561. The van der Waals surface area contributed by atoms with Gasteiger partial charge in [-0.05, 0) is 55.6 Å². The van der Waals surface area contributed by atoms with Gasteiger partial charge in [-0.1, -0.05) is 11.8 Å². The molecule has 1 aliphatic rings. The molecule has 2 unspecified atom stereocenters. The van der Waals surface area contributed by atoms with Gasteiger partial charge in [0, 0.05) is 6.61 Å². The van der Waals surface area contributed by atoms with Crippen LogP contribution in [0.1, 0.15) is 19.8 Å². The van der Waals surface area contributed by atoms with Crippen LogP contribution in [0.4, 0.5) is 0 Å². The monoisotopic (exact) mass is 214 g/mol. The summed E-state index contributed by atoms with van der Waals surface area (Å²) in [5.74, 6) is 15.9. The van der Waals surface area contributed by atoms with E-state index in [-0.39, 0.29) is 18.8 Å². The molecule has 0 aromatic carbocycles. The van der Waals surface area contributed by atoms with Crippen LogP contribution in [0.3, 0.4) is 0 Å². The molecule has 0 bridgehead atoms. The van der Waals surface area contributed by atoms with Gasteiger partial charge in [0.15, 0.2) is 0 Å². The molecule has 0 saturated carbocycles. The van der Waals surface area contributed by atoms with Crippen LogP contribution in [0.5, 0.6) is 0 Å². The number of aliphatic hydroxyl groups excluding tert-OH is 1. The van der Waals surface area contributed by atoms with E-state index in [9.17, 15) is 0 Å². The first-order valence-electron chi connectivity index (χ1n) is 5.23. The molecule has 2 nitrogen and oxygen atoms in total. The van der Waals surface area contributed by atoms with Crippen molar-refractivity contribution in [3.8, 4) is 35.5 Å². The van der Waals surface area contributed by atoms with E-state index >= 15 is 0 Å². The molecule has 1 saturated heterocycles. The Bertz CT molecular complexity index is 415. The zero-order valence-corrected chi connectivity index (χ0v) is 9.29. The van der Waals surface area contributed by atoms with E-state index in [0.717, 1.165) is 12.8 Å². The van der Waals surface area contributed by atoms with Crippen LogP contribution in [0.2, 0.25) is 0 Å². The normalized spacial score (nSPS) is 21.1. The molecule has 0 aromatic heterocycles. The van der Waals surface area contributed by atoms with E-state index in [1.165, 1.54) is 0 Å². The van der Waals surface area contributed by atoms with E-state index in [0.29, 0.717) is 0 Å². The summed E-state index contributed by atoms with van der Waals surface area (Å²) in [6.07, 6.45) is 5.80. The van der Waals surface area contributed by atoms with Crippen LogP contribution < -0.4 is 0 Å². The highest BCUT2D eigenvalue weighted by Gasteiger charge is 2.35. The van der Waals surface area contributed by atoms with Gasteiger partial charge < -0.3 is 9.84 Å². The molecule has 0 amide bonds. The molecule has 2 atom stereocenters. The van der Waals surface area contributed by atoms with Crippen molar-refractivity contribution in [1.29, 1.82) is 0 Å². The second-order valence-electron chi connectivity index (χ2n) is 3.26. The largest absolute Gasteiger partial charge is 0.396 e. The molecule has 0 aliphatic carbocycles. The predicted molar refractivity (Wildman–Crippen MR) is 63.1 cm³/mol. The van der Waals surface area contributed by atoms with Gasteiger partial charge in [-0.3, -0.25) is 0 Å². The van der Waals surface area contributed by atoms with Crippen molar-refractivity contribution >= 4 is 0 Å². The maximum Gasteiger partial charge on any atom is 0.103 e. The van der Waals surface area contributed by atoms with E-state index in [4.69, 9.17) is 9.84 Å². The molecule has 2 heteroatoms. The Morgan fingerprint density at radius 3 is 2.81 bits per heavy atom. The third-order valence-corrected chi connectivity index (χ3v) is 2.02. The van der Waals surface area contributed by atoms with Crippen molar-refractivity contribution in [3.05, 3.63) is 12.2 Å². The third-order valence-electron chi connectivity index (χ3n) is 2.02. The van der Waals surface area contributed by atoms with Crippen molar-refractivity contribution in [2.45, 2.75) is 32.0 Å². The summed E-state index contributed by atoms with van der Waals surface area (Å²) < 4.78 is 5.34. The van der Waals surface area contributed by atoms with Crippen LogP contribution in [0.15, 0.2) is 12.2 Å². The van der Waals surface area contributed by atoms with Gasteiger partial charge in [0.25, 0.3) is 0 Å². The zero-order valence-electron chi connectivity index (χ0n) is 9.29. The maximum absolute atomic E-state index is 8.62. The number of allylic oxidation sites excluding steroid dienone is 1. The third kappa shape index (κ3) is 5.28. The molecule has 0 radical (unpaired) electrons. The van der Waals surface area contributed by atoms with Crippen molar-refractivity contribution in [3.63, 3.8) is 0 Å². The molecule has 1 heterocycles. The van der Waals surface area contributed by atoms with Gasteiger partial charge >= 0.3 is 0 Å². The number of epoxide rings is 1. The summed E-state index contributed by atoms with van der Waals surface area (Å²) >= 11 is 0. The lowest BCUT2D eigenvalue weighted by atomic mass is 10.2. The second kappa shape index (κ2) is 7.61. The van der Waals surface area contributed by atoms with E-state index in [1.54, 1.807) is 13.0 Å². The summed E-state index contributed by atoms with van der Waals surface area (Å²) in [5.41, 5.74) is 0. The predicted octanol–water partition coefficient (Wildman–Crippen LogP) is 1.11. The van der Waals surface area contributed by atoms with Crippen LogP contribution in [0.25, 0.3) is 0 Å². The SMILES string of the molecule is CC#CC#CC#CC=CC1OC1CCCO. The molecular weight excluding hydrogens is 200 g/mol. The fraction of sp³-hybridized carbons (Fsp3) is 0.429. The summed E-state index contributed by atoms with van der Waals surface area (Å²) in [6.45, 7) is 1.96. The maximum atomic E-state index is 8.62. The highest BCUT2D eigenvalue weighted by molar-refractivity contribution is 5.37. The zero-order chi connectivity index (χ0) is 11.6. The molecule has 1 aliphatic heterocycles. The number of aliphatic hydroxyl groups is 1. The van der Waals surface area contributed by atoms with E-state index in [2.05, 4.69) is 35.5 Å². The molecule has 0 aromatic rings. The lowest BCUT2D eigenvalue weighted by molar-refractivity contribution is 0.273. The van der Waals surface area contributed by atoms with Gasteiger partial charge in [0.1, 0.15) is 6.10 Å². The van der Waals surface area contributed by atoms with Crippen molar-refractivity contribution in [1.82, 2.24) is 0 Å². The fourth-order valence-electron chi connectivity index (χ4n) is 1.20. The number of ether oxygens (including phenoxy) is 1. The molecule has 1 rings (SSSR count). The number of hydrogen-bond donors (Lipinski definition) is 1. The van der Waals surface area contributed by atoms with E-state index in [1.807, 2.05) is 6.08 Å². The van der Waals surface area contributed by atoms with Gasteiger partial charge in [-0.2, -0.15) is 0 Å². The first-order chi connectivity index (χ1) is 7.88. The summed E-state index contributed by atoms with van der Waals surface area (Å²) in [5, 5.41) is 8.62. The Kier molecular flexibility index (Phi) is 5.90. The van der Waals surface area contributed by atoms with Gasteiger partial charge in [-0.15, -0.1) is 0 Å². The summed E-state index contributed by atoms with van der Waals surface area (Å²) in [6, 6.07) is 0. The van der Waals surface area contributed by atoms with Crippen molar-refractivity contribution in [2.24, 2.45) is 0 Å². The summed E-state index contributed by atoms with van der Waals surface area (Å²) in [4.78, 5) is 0. The van der Waals surface area contributed by atoms with Crippen LogP contribution >= 0.6 is 0 Å². The van der Waals surface area contributed by atoms with Crippen molar-refractivity contribution < 1.29 is 9.84 Å². The first kappa shape index (κ1) is 12.4. The van der Waals surface area contributed by atoms with Crippen LogP contribution in [0, 0.1) is 35.5 Å². The Morgan fingerprint density at radius 2 is 2.06 bits per heavy atom. The van der Waals surface area contributed by atoms with E-state index < -0.39 is 0 Å². The molecule has 1 fully saturated rings. The average Bonchev–Trinajstić information content (AvgIpc) is 3.04. The molecule has 16 heavy (non-hydrogen) atoms.